The smallest absolute Gasteiger partial charge is 0.262 e. The van der Waals surface area contributed by atoms with Gasteiger partial charge in [-0.3, -0.25) is 9.20 Å². The molecule has 2 N–H and O–H groups in total. The first-order chi connectivity index (χ1) is 8.84. The summed E-state index contributed by atoms with van der Waals surface area (Å²) < 4.78 is 26.8. The molecule has 7 nitrogen and oxygen atoms in total. The molecule has 2 aromatic heterocycles. The zero-order valence-electron chi connectivity index (χ0n) is 9.95. The lowest BCUT2D eigenvalue weighted by molar-refractivity contribution is -0.118. The molecule has 2 aromatic rings. The molecule has 0 aliphatic heterocycles. The molecule has 1 amide bonds. The van der Waals surface area contributed by atoms with E-state index < -0.39 is 22.5 Å². The van der Waals surface area contributed by atoms with Gasteiger partial charge in [-0.2, -0.15) is 4.31 Å². The lowest BCUT2D eigenvalue weighted by Gasteiger charge is -2.14. The van der Waals surface area contributed by atoms with Gasteiger partial charge in [0.2, 0.25) is 5.91 Å². The molecule has 0 fully saturated rings. The fraction of sp³-hybridized carbons (Fsp3) is 0.200. The van der Waals surface area contributed by atoms with Gasteiger partial charge in [0.15, 0.2) is 10.2 Å². The van der Waals surface area contributed by atoms with Crippen molar-refractivity contribution in [2.45, 2.75) is 5.03 Å². The van der Waals surface area contributed by atoms with Crippen LogP contribution in [0.2, 0.25) is 5.15 Å². The number of aromatic nitrogens is 2. The Morgan fingerprint density at radius 1 is 1.53 bits per heavy atom. The molecule has 0 saturated carbocycles. The number of halogens is 1. The Morgan fingerprint density at radius 3 is 2.84 bits per heavy atom. The Morgan fingerprint density at radius 2 is 2.21 bits per heavy atom. The van der Waals surface area contributed by atoms with Crippen LogP contribution in [0, 0.1) is 0 Å². The Bertz CT molecular complexity index is 740. The van der Waals surface area contributed by atoms with Crippen LogP contribution in [0.3, 0.4) is 0 Å². The summed E-state index contributed by atoms with van der Waals surface area (Å²) >= 11 is 5.88. The third-order valence-corrected chi connectivity index (χ3v) is 4.68. The first-order valence-corrected chi connectivity index (χ1v) is 7.03. The number of imidazole rings is 1. The molecule has 0 unspecified atom stereocenters. The normalized spacial score (nSPS) is 12.2. The Kier molecular flexibility index (Phi) is 3.48. The van der Waals surface area contributed by atoms with Gasteiger partial charge in [-0.25, -0.2) is 13.4 Å². The number of sulfonamides is 1. The minimum absolute atomic E-state index is 0.150. The highest BCUT2D eigenvalue weighted by molar-refractivity contribution is 7.89. The van der Waals surface area contributed by atoms with Gasteiger partial charge in [0.25, 0.3) is 10.0 Å². The van der Waals surface area contributed by atoms with E-state index in [1.165, 1.54) is 17.6 Å². The molecule has 0 aromatic carbocycles. The second-order valence-corrected chi connectivity index (χ2v) is 6.18. The highest BCUT2D eigenvalue weighted by atomic mass is 35.5. The van der Waals surface area contributed by atoms with Crippen LogP contribution in [0.15, 0.2) is 29.4 Å². The number of hydrogen-bond acceptors (Lipinski definition) is 4. The molecule has 2 rings (SSSR count). The Hall–Kier alpha value is -1.64. The third-order valence-electron chi connectivity index (χ3n) is 2.48. The van der Waals surface area contributed by atoms with Gasteiger partial charge in [-0.05, 0) is 12.1 Å². The van der Waals surface area contributed by atoms with E-state index in [4.69, 9.17) is 17.3 Å². The Labute approximate surface area is 114 Å². The summed E-state index contributed by atoms with van der Waals surface area (Å²) in [5, 5.41) is -0.337. The number of carbonyl (C=O) groups excluding carboxylic acids is 1. The van der Waals surface area contributed by atoms with Crippen LogP contribution >= 0.6 is 11.6 Å². The molecule has 9 heteroatoms. The SMILES string of the molecule is CN(CC(N)=O)S(=O)(=O)c1c(Cl)nc2ccccn12. The van der Waals surface area contributed by atoms with Crippen molar-refractivity contribution in [3.05, 3.63) is 29.5 Å². The molecule has 102 valence electrons. The van der Waals surface area contributed by atoms with Crippen molar-refractivity contribution in [3.63, 3.8) is 0 Å². The van der Waals surface area contributed by atoms with E-state index >= 15 is 0 Å². The molecule has 0 atom stereocenters. The fourth-order valence-electron chi connectivity index (χ4n) is 1.63. The molecular weight excluding hydrogens is 292 g/mol. The maximum absolute atomic E-state index is 12.3. The molecule has 0 spiro atoms. The summed E-state index contributed by atoms with van der Waals surface area (Å²) in [6.07, 6.45) is 1.53. The predicted molar refractivity (Wildman–Crippen MR) is 69.2 cm³/mol. The molecule has 19 heavy (non-hydrogen) atoms. The van der Waals surface area contributed by atoms with E-state index in [0.29, 0.717) is 5.65 Å². The van der Waals surface area contributed by atoms with Crippen LogP contribution in [-0.4, -0.2) is 41.6 Å². The second-order valence-electron chi connectivity index (χ2n) is 3.86. The van der Waals surface area contributed by atoms with E-state index in [0.717, 1.165) is 4.31 Å². The monoisotopic (exact) mass is 302 g/mol. The van der Waals surface area contributed by atoms with Crippen molar-refractivity contribution in [3.8, 4) is 0 Å². The van der Waals surface area contributed by atoms with Gasteiger partial charge >= 0.3 is 0 Å². The topological polar surface area (TPSA) is 97.8 Å². The molecule has 0 aliphatic rings. The van der Waals surface area contributed by atoms with Gasteiger partial charge in [-0.15, -0.1) is 0 Å². The standard InChI is InChI=1S/C10H11ClN4O3S/c1-14(6-7(12)16)19(17,18)10-9(11)13-8-4-2-3-5-15(8)10/h2-5H,6H2,1H3,(H2,12,16). The maximum Gasteiger partial charge on any atom is 0.262 e. The second kappa shape index (κ2) is 4.80. The van der Waals surface area contributed by atoms with E-state index in [-0.39, 0.29) is 10.2 Å². The van der Waals surface area contributed by atoms with Crippen molar-refractivity contribution in [1.29, 1.82) is 0 Å². The van der Waals surface area contributed by atoms with Gasteiger partial charge in [0, 0.05) is 13.2 Å². The molecule has 0 saturated heterocycles. The summed E-state index contributed by atoms with van der Waals surface area (Å²) in [7, 11) is -2.70. The van der Waals surface area contributed by atoms with E-state index in [2.05, 4.69) is 4.98 Å². The van der Waals surface area contributed by atoms with E-state index in [9.17, 15) is 13.2 Å². The Balaban J connectivity index is 2.60. The number of fused-ring (bicyclic) bond motifs is 1. The van der Waals surface area contributed by atoms with Crippen molar-refractivity contribution >= 4 is 33.2 Å². The van der Waals surface area contributed by atoms with Crippen LogP contribution in [0.25, 0.3) is 5.65 Å². The van der Waals surface area contributed by atoms with Crippen molar-refractivity contribution < 1.29 is 13.2 Å². The number of likely N-dealkylation sites (N-methyl/N-ethyl adjacent to an activating group) is 1. The van der Waals surface area contributed by atoms with E-state index in [1.54, 1.807) is 18.2 Å². The zero-order chi connectivity index (χ0) is 14.2. The average Bonchev–Trinajstić information content (AvgIpc) is 2.64. The minimum atomic E-state index is -3.95. The van der Waals surface area contributed by atoms with Gasteiger partial charge in [0.05, 0.1) is 6.54 Å². The van der Waals surface area contributed by atoms with Gasteiger partial charge in [0.1, 0.15) is 5.65 Å². The minimum Gasteiger partial charge on any atom is -0.369 e. The summed E-state index contributed by atoms with van der Waals surface area (Å²) in [6, 6.07) is 4.99. The van der Waals surface area contributed by atoms with Crippen LogP contribution in [-0.2, 0) is 14.8 Å². The molecule has 0 aliphatic carbocycles. The predicted octanol–water partition coefficient (Wildman–Crippen LogP) is 0.0935. The van der Waals surface area contributed by atoms with Crippen LogP contribution in [0.4, 0.5) is 0 Å². The number of carbonyl (C=O) groups is 1. The number of amides is 1. The molecule has 2 heterocycles. The van der Waals surface area contributed by atoms with Crippen molar-refractivity contribution in [2.24, 2.45) is 5.73 Å². The van der Waals surface area contributed by atoms with Crippen LogP contribution in [0.1, 0.15) is 0 Å². The van der Waals surface area contributed by atoms with E-state index in [1.807, 2.05) is 0 Å². The van der Waals surface area contributed by atoms with Crippen molar-refractivity contribution in [2.75, 3.05) is 13.6 Å². The van der Waals surface area contributed by atoms with Crippen molar-refractivity contribution in [1.82, 2.24) is 13.7 Å². The third kappa shape index (κ3) is 2.42. The largest absolute Gasteiger partial charge is 0.369 e. The first-order valence-electron chi connectivity index (χ1n) is 5.21. The maximum atomic E-state index is 12.3. The fourth-order valence-corrected chi connectivity index (χ4v) is 3.35. The summed E-state index contributed by atoms with van der Waals surface area (Å²) in [5.74, 6) is -0.754. The average molecular weight is 303 g/mol. The number of rotatable bonds is 4. The number of primary amides is 1. The lowest BCUT2D eigenvalue weighted by atomic mass is 10.5. The van der Waals surface area contributed by atoms with Crippen LogP contribution < -0.4 is 5.73 Å². The van der Waals surface area contributed by atoms with Gasteiger partial charge < -0.3 is 5.73 Å². The molecule has 0 bridgehead atoms. The zero-order valence-corrected chi connectivity index (χ0v) is 11.5. The lowest BCUT2D eigenvalue weighted by Crippen LogP contribution is -2.36. The first kappa shape index (κ1) is 13.8. The number of nitrogens with zero attached hydrogens (tertiary/aromatic N) is 3. The summed E-state index contributed by atoms with van der Waals surface area (Å²) in [5.41, 5.74) is 5.40. The summed E-state index contributed by atoms with van der Waals surface area (Å²) in [4.78, 5) is 14.8. The summed E-state index contributed by atoms with van der Waals surface area (Å²) in [6.45, 7) is -0.432. The number of nitrogens with two attached hydrogens (primary N) is 1. The highest BCUT2D eigenvalue weighted by Crippen LogP contribution is 2.24. The molecule has 0 radical (unpaired) electrons. The molecular formula is C10H11ClN4O3S. The quantitative estimate of drug-likeness (QED) is 0.865. The number of hydrogen-bond donors (Lipinski definition) is 1. The number of pyridine rings is 1. The van der Waals surface area contributed by atoms with Crippen LogP contribution in [0.5, 0.6) is 0 Å². The van der Waals surface area contributed by atoms with Gasteiger partial charge in [-0.1, -0.05) is 17.7 Å². The highest BCUT2D eigenvalue weighted by Gasteiger charge is 2.29.